The van der Waals surface area contributed by atoms with Crippen LogP contribution in [0.15, 0.2) is 224 Å². The molecule has 0 aliphatic carbocycles. The fraction of sp³-hybridized carbons (Fsp3) is 0. The average molecular weight is 812 g/mol. The summed E-state index contributed by atoms with van der Waals surface area (Å²) in [4.78, 5) is 2.44. The molecular weight excluding hydrogens is 775 g/mol. The van der Waals surface area contributed by atoms with Crippen molar-refractivity contribution in [3.05, 3.63) is 224 Å². The first-order valence-electron chi connectivity index (χ1n) is 20.7. The summed E-state index contributed by atoms with van der Waals surface area (Å²) in [5.74, 6) is 0. The smallest absolute Gasteiger partial charge is 0.0540 e. The Morgan fingerprint density at radius 2 is 0.770 bits per heavy atom. The zero-order chi connectivity index (χ0) is 40.3. The van der Waals surface area contributed by atoms with E-state index < -0.39 is 0 Å². The monoisotopic (exact) mass is 811 g/mol. The highest BCUT2D eigenvalue weighted by Gasteiger charge is 2.20. The molecule has 1 nitrogen and oxygen atoms in total. The van der Waals surface area contributed by atoms with E-state index in [9.17, 15) is 0 Å². The van der Waals surface area contributed by atoms with Crippen LogP contribution in [0.4, 0.5) is 17.1 Å². The van der Waals surface area contributed by atoms with Crippen LogP contribution in [0.3, 0.4) is 0 Å². The molecule has 0 amide bonds. The van der Waals surface area contributed by atoms with Crippen molar-refractivity contribution in [3.63, 3.8) is 0 Å². The van der Waals surface area contributed by atoms with Crippen LogP contribution in [0, 0.1) is 0 Å². The van der Waals surface area contributed by atoms with Gasteiger partial charge in [-0.25, -0.2) is 0 Å². The number of anilines is 3. The van der Waals surface area contributed by atoms with E-state index in [0.717, 1.165) is 17.1 Å². The first kappa shape index (κ1) is 35.6. The Labute approximate surface area is 362 Å². The molecule has 12 rings (SSSR count). The molecule has 0 saturated carbocycles. The van der Waals surface area contributed by atoms with Crippen molar-refractivity contribution in [1.82, 2.24) is 0 Å². The minimum absolute atomic E-state index is 1.10. The van der Waals surface area contributed by atoms with Gasteiger partial charge in [-0.15, -0.1) is 22.7 Å². The summed E-state index contributed by atoms with van der Waals surface area (Å²) in [7, 11) is 0. The topological polar surface area (TPSA) is 3.24 Å². The maximum absolute atomic E-state index is 2.44. The molecule has 2 aromatic heterocycles. The van der Waals surface area contributed by atoms with Gasteiger partial charge in [-0.1, -0.05) is 164 Å². The lowest BCUT2D eigenvalue weighted by atomic mass is 9.93. The molecule has 0 fully saturated rings. The van der Waals surface area contributed by atoms with Crippen molar-refractivity contribution in [2.24, 2.45) is 0 Å². The van der Waals surface area contributed by atoms with Crippen LogP contribution >= 0.6 is 22.7 Å². The minimum Gasteiger partial charge on any atom is -0.310 e. The summed E-state index contributed by atoms with van der Waals surface area (Å²) in [6.45, 7) is 0. The van der Waals surface area contributed by atoms with E-state index in [0.29, 0.717) is 0 Å². The Bertz CT molecular complexity index is 3610. The average Bonchev–Trinajstić information content (AvgIpc) is 3.90. The highest BCUT2D eigenvalue weighted by molar-refractivity contribution is 7.26. The van der Waals surface area contributed by atoms with Crippen molar-refractivity contribution in [2.75, 3.05) is 4.90 Å². The number of nitrogens with zero attached hydrogens (tertiary/aromatic N) is 1. The zero-order valence-electron chi connectivity index (χ0n) is 33.1. The van der Waals surface area contributed by atoms with Crippen molar-refractivity contribution in [1.29, 1.82) is 0 Å². The standard InChI is InChI=1S/C58H37NS2/c1-2-13-40-34-43(25-24-38(40)12-1)48-17-4-3-16-47(48)42-14-11-15-46(35-42)59(45-30-26-39(27-31-45)41-28-32-52-50-19-6-9-22-55(50)60-57(52)36-41)54-21-8-5-18-49(54)44-29-33-53-51-20-7-10-23-56(51)61-58(53)37-44/h1-37H. The Kier molecular flexibility index (Phi) is 8.62. The van der Waals surface area contributed by atoms with Crippen molar-refractivity contribution < 1.29 is 0 Å². The number of thiophene rings is 2. The molecule has 0 aliphatic rings. The third-order valence-corrected chi connectivity index (χ3v) is 14.3. The molecule has 286 valence electrons. The lowest BCUT2D eigenvalue weighted by Gasteiger charge is -2.28. The van der Waals surface area contributed by atoms with Crippen LogP contribution in [-0.2, 0) is 0 Å². The predicted molar refractivity (Wildman–Crippen MR) is 266 cm³/mol. The number of fused-ring (bicyclic) bond motifs is 7. The van der Waals surface area contributed by atoms with Gasteiger partial charge in [-0.05, 0) is 110 Å². The van der Waals surface area contributed by atoms with Crippen molar-refractivity contribution in [3.8, 4) is 44.5 Å². The van der Waals surface area contributed by atoms with Gasteiger partial charge in [-0.3, -0.25) is 0 Å². The van der Waals surface area contributed by atoms with E-state index in [-0.39, 0.29) is 0 Å². The van der Waals surface area contributed by atoms with E-state index in [1.54, 1.807) is 0 Å². The van der Waals surface area contributed by atoms with Crippen molar-refractivity contribution in [2.45, 2.75) is 0 Å². The highest BCUT2D eigenvalue weighted by atomic mass is 32.1. The molecule has 10 aromatic carbocycles. The summed E-state index contributed by atoms with van der Waals surface area (Å²) in [6, 6.07) is 82.6. The number of hydrogen-bond acceptors (Lipinski definition) is 3. The van der Waals surface area contributed by atoms with Crippen LogP contribution in [0.5, 0.6) is 0 Å². The second kappa shape index (κ2) is 14.8. The van der Waals surface area contributed by atoms with Gasteiger partial charge in [0.15, 0.2) is 0 Å². The Morgan fingerprint density at radius 3 is 1.49 bits per heavy atom. The molecular formula is C58H37NS2. The van der Waals surface area contributed by atoms with Gasteiger partial charge in [0.2, 0.25) is 0 Å². The third-order valence-electron chi connectivity index (χ3n) is 12.1. The lowest BCUT2D eigenvalue weighted by Crippen LogP contribution is -2.11. The predicted octanol–water partition coefficient (Wildman–Crippen LogP) is 17.7. The maximum atomic E-state index is 2.44. The molecule has 2 heterocycles. The molecule has 0 aliphatic heterocycles. The Balaban J connectivity index is 0.998. The maximum Gasteiger partial charge on any atom is 0.0540 e. The largest absolute Gasteiger partial charge is 0.310 e. The Hall–Kier alpha value is -7.30. The van der Waals surface area contributed by atoms with Crippen LogP contribution in [0.2, 0.25) is 0 Å². The SMILES string of the molecule is c1cc(-c2ccccc2-c2ccc3ccccc3c2)cc(N(c2ccc(-c3ccc4c(c3)sc3ccccc34)cc2)c2ccccc2-c2ccc3c(c2)sc2ccccc23)c1. The number of benzene rings is 10. The molecule has 0 bridgehead atoms. The van der Waals surface area contributed by atoms with Crippen LogP contribution in [-0.4, -0.2) is 0 Å². The minimum atomic E-state index is 1.10. The Morgan fingerprint density at radius 1 is 0.262 bits per heavy atom. The fourth-order valence-electron chi connectivity index (χ4n) is 9.10. The normalized spacial score (nSPS) is 11.6. The highest BCUT2D eigenvalue weighted by Crippen LogP contribution is 2.45. The fourth-order valence-corrected chi connectivity index (χ4v) is 11.4. The second-order valence-electron chi connectivity index (χ2n) is 15.7. The zero-order valence-corrected chi connectivity index (χ0v) is 34.8. The summed E-state index contributed by atoms with van der Waals surface area (Å²) < 4.78 is 5.26. The number of hydrogen-bond donors (Lipinski definition) is 0. The summed E-state index contributed by atoms with van der Waals surface area (Å²) >= 11 is 3.73. The van der Waals surface area contributed by atoms with Gasteiger partial charge in [0, 0.05) is 57.3 Å². The molecule has 0 saturated heterocycles. The second-order valence-corrected chi connectivity index (χ2v) is 17.8. The van der Waals surface area contributed by atoms with Gasteiger partial charge < -0.3 is 4.90 Å². The van der Waals surface area contributed by atoms with Crippen molar-refractivity contribution >= 4 is 90.9 Å². The van der Waals surface area contributed by atoms with Gasteiger partial charge in [0.05, 0.1) is 5.69 Å². The molecule has 0 radical (unpaired) electrons. The van der Waals surface area contributed by atoms with E-state index in [1.165, 1.54) is 95.6 Å². The number of para-hydroxylation sites is 1. The van der Waals surface area contributed by atoms with Crippen LogP contribution in [0.25, 0.3) is 95.6 Å². The molecule has 0 N–H and O–H groups in total. The first-order valence-corrected chi connectivity index (χ1v) is 22.4. The summed E-state index contributed by atoms with van der Waals surface area (Å²) in [6.07, 6.45) is 0. The van der Waals surface area contributed by atoms with E-state index >= 15 is 0 Å². The van der Waals surface area contributed by atoms with Gasteiger partial charge in [0.25, 0.3) is 0 Å². The molecule has 0 atom stereocenters. The third kappa shape index (κ3) is 6.29. The van der Waals surface area contributed by atoms with Gasteiger partial charge in [0.1, 0.15) is 0 Å². The molecule has 61 heavy (non-hydrogen) atoms. The molecule has 0 unspecified atom stereocenters. The molecule has 12 aromatic rings. The summed E-state index contributed by atoms with van der Waals surface area (Å²) in [5, 5.41) is 7.76. The molecule has 3 heteroatoms. The van der Waals surface area contributed by atoms with Gasteiger partial charge >= 0.3 is 0 Å². The van der Waals surface area contributed by atoms with E-state index in [1.807, 2.05) is 22.7 Å². The lowest BCUT2D eigenvalue weighted by molar-refractivity contribution is 1.28. The molecule has 0 spiro atoms. The van der Waals surface area contributed by atoms with E-state index in [2.05, 4.69) is 229 Å². The van der Waals surface area contributed by atoms with E-state index in [4.69, 9.17) is 0 Å². The van der Waals surface area contributed by atoms with Crippen LogP contribution < -0.4 is 4.90 Å². The quantitative estimate of drug-likeness (QED) is 0.155. The summed E-state index contributed by atoms with van der Waals surface area (Å²) in [5.41, 5.74) is 12.9. The van der Waals surface area contributed by atoms with Gasteiger partial charge in [-0.2, -0.15) is 0 Å². The van der Waals surface area contributed by atoms with Crippen LogP contribution in [0.1, 0.15) is 0 Å². The number of rotatable bonds is 7. The first-order chi connectivity index (χ1) is 30.2.